The fourth-order valence-corrected chi connectivity index (χ4v) is 8.43. The Kier molecular flexibility index (Phi) is 5.27. The third-order valence-corrected chi connectivity index (χ3v) is 11.0. The highest BCUT2D eigenvalue weighted by atomic mass is 32.1. The summed E-state index contributed by atoms with van der Waals surface area (Å²) in [7, 11) is 0. The molecule has 0 bridgehead atoms. The zero-order valence-corrected chi connectivity index (χ0v) is 30.1. The van der Waals surface area contributed by atoms with Crippen LogP contribution in [-0.2, 0) is 0 Å². The molecular formula is C51H32N4S. The molecule has 8 aromatic carbocycles. The van der Waals surface area contributed by atoms with E-state index in [1.54, 1.807) is 59.9 Å². The smallest absolute Gasteiger partial charge is 0.165 e. The lowest BCUT2D eigenvalue weighted by Gasteiger charge is -2.16. The molecule has 0 saturated heterocycles. The van der Waals surface area contributed by atoms with E-state index in [1.165, 1.54) is 4.57 Å². The quantitative estimate of drug-likeness (QED) is 0.170. The summed E-state index contributed by atoms with van der Waals surface area (Å²) in [6, 6.07) is 30.7. The fraction of sp³-hybridized carbons (Fsp3) is 0. The Morgan fingerprint density at radius 3 is 1.95 bits per heavy atom. The number of benzene rings is 8. The van der Waals surface area contributed by atoms with Crippen LogP contribution in [0, 0.1) is 0 Å². The predicted octanol–water partition coefficient (Wildman–Crippen LogP) is 13.7. The molecule has 0 unspecified atom stereocenters. The van der Waals surface area contributed by atoms with Crippen molar-refractivity contribution < 1.29 is 16.4 Å². The Morgan fingerprint density at radius 1 is 0.429 bits per heavy atom. The molecule has 0 atom stereocenters. The van der Waals surface area contributed by atoms with E-state index < -0.39 is 54.4 Å². The summed E-state index contributed by atoms with van der Waals surface area (Å²) in [5.74, 6) is 0.882. The SMILES string of the molecule is [2H]c1c([2H])c([2H])c(-c2cc(-c3nc(-c4ccccc4)nc(-c4cccc5c4sc4ccccc45)n3)ccc2-n2c3c([2H])c([2H])c([2H])c([2H])c3c3c([2H])c([2H])c(-c4ccccc4)c([2H])c32)c([2H])c1[2H]. The van der Waals surface area contributed by atoms with Crippen LogP contribution in [0.5, 0.6) is 0 Å². The van der Waals surface area contributed by atoms with E-state index in [9.17, 15) is 8.22 Å². The van der Waals surface area contributed by atoms with Crippen LogP contribution in [0.4, 0.5) is 0 Å². The zero-order valence-electron chi connectivity index (χ0n) is 41.2. The maximum atomic E-state index is 9.80. The van der Waals surface area contributed by atoms with Crippen molar-refractivity contribution in [2.75, 3.05) is 0 Å². The molecule has 5 heteroatoms. The minimum Gasteiger partial charge on any atom is -0.309 e. The van der Waals surface area contributed by atoms with Gasteiger partial charge in [-0.15, -0.1) is 11.3 Å². The molecule has 0 aliphatic heterocycles. The summed E-state index contributed by atoms with van der Waals surface area (Å²) in [6.45, 7) is 0. The molecule has 0 saturated carbocycles. The molecule has 0 aliphatic rings. The largest absolute Gasteiger partial charge is 0.309 e. The van der Waals surface area contributed by atoms with Crippen LogP contribution >= 0.6 is 11.3 Å². The van der Waals surface area contributed by atoms with E-state index in [0.717, 1.165) is 25.7 Å². The number of hydrogen-bond donors (Lipinski definition) is 0. The lowest BCUT2D eigenvalue weighted by Crippen LogP contribution is -2.02. The summed E-state index contributed by atoms with van der Waals surface area (Å²) in [4.78, 5) is 15.0. The standard InChI is InChI=1S/C51H32N4S/c1-4-15-33(16-5-1)36-27-29-39-38-21-10-12-25-44(38)55(46(39)32-36)45-30-28-37(31-43(45)34-17-6-2-7-18-34)50-52-49(35-19-8-3-9-20-35)53-51(54-50)42-24-14-23-41-40-22-11-13-26-47(40)56-48(41)42/h1-32H/i2D,6D,7D,10D,12D,17D,18D,21D,25D,27D,29D,32D. The van der Waals surface area contributed by atoms with Gasteiger partial charge in [-0.3, -0.25) is 0 Å². The first-order valence-corrected chi connectivity index (χ1v) is 18.6. The van der Waals surface area contributed by atoms with E-state index in [2.05, 4.69) is 18.2 Å². The van der Waals surface area contributed by atoms with Gasteiger partial charge in [-0.05, 0) is 59.1 Å². The average Bonchev–Trinajstić information content (AvgIpc) is 3.93. The van der Waals surface area contributed by atoms with Gasteiger partial charge < -0.3 is 4.57 Å². The van der Waals surface area contributed by atoms with Crippen LogP contribution in [-0.4, -0.2) is 19.5 Å². The maximum absolute atomic E-state index is 9.80. The zero-order chi connectivity index (χ0) is 47.4. The summed E-state index contributed by atoms with van der Waals surface area (Å²) < 4.78 is 112. The lowest BCUT2D eigenvalue weighted by molar-refractivity contribution is 1.08. The molecule has 56 heavy (non-hydrogen) atoms. The second-order valence-electron chi connectivity index (χ2n) is 13.1. The molecule has 11 rings (SSSR count). The number of rotatable bonds is 6. The van der Waals surface area contributed by atoms with Crippen molar-refractivity contribution in [3.05, 3.63) is 194 Å². The minimum atomic E-state index is -0.625. The summed E-state index contributed by atoms with van der Waals surface area (Å²) in [5.41, 5.74) is 1.97. The van der Waals surface area contributed by atoms with Gasteiger partial charge in [0.05, 0.1) is 33.2 Å². The second kappa shape index (κ2) is 13.3. The Labute approximate surface area is 344 Å². The van der Waals surface area contributed by atoms with Crippen molar-refractivity contribution in [3.8, 4) is 62.1 Å². The van der Waals surface area contributed by atoms with Crippen molar-refractivity contribution in [1.82, 2.24) is 19.5 Å². The van der Waals surface area contributed by atoms with Crippen LogP contribution in [0.15, 0.2) is 194 Å². The minimum absolute atomic E-state index is 0.0164. The van der Waals surface area contributed by atoms with Crippen molar-refractivity contribution in [1.29, 1.82) is 0 Å². The topological polar surface area (TPSA) is 43.6 Å². The first kappa shape index (κ1) is 22.2. The Bertz CT molecular complexity index is 3920. The monoisotopic (exact) mass is 744 g/mol. The van der Waals surface area contributed by atoms with E-state index in [4.69, 9.17) is 23.2 Å². The first-order chi connectivity index (χ1) is 32.8. The first-order valence-electron chi connectivity index (χ1n) is 23.8. The predicted molar refractivity (Wildman–Crippen MR) is 234 cm³/mol. The molecule has 0 amide bonds. The van der Waals surface area contributed by atoms with Gasteiger partial charge in [0.25, 0.3) is 0 Å². The molecule has 0 spiro atoms. The summed E-state index contributed by atoms with van der Waals surface area (Å²) >= 11 is 1.61. The van der Waals surface area contributed by atoms with Crippen LogP contribution in [0.2, 0.25) is 0 Å². The average molecular weight is 745 g/mol. The van der Waals surface area contributed by atoms with Gasteiger partial charge in [-0.2, -0.15) is 0 Å². The number of thiophene rings is 1. The van der Waals surface area contributed by atoms with Gasteiger partial charge in [0, 0.05) is 53.2 Å². The molecule has 3 aromatic heterocycles. The second-order valence-corrected chi connectivity index (χ2v) is 14.1. The van der Waals surface area contributed by atoms with Crippen LogP contribution in [0.1, 0.15) is 16.4 Å². The van der Waals surface area contributed by atoms with E-state index in [1.807, 2.05) is 54.6 Å². The van der Waals surface area contributed by atoms with Crippen LogP contribution < -0.4 is 0 Å². The Morgan fingerprint density at radius 2 is 1.11 bits per heavy atom. The van der Waals surface area contributed by atoms with Gasteiger partial charge in [-0.25, -0.2) is 15.0 Å². The number of fused-ring (bicyclic) bond motifs is 6. The van der Waals surface area contributed by atoms with E-state index in [0.29, 0.717) is 28.3 Å². The highest BCUT2D eigenvalue weighted by Gasteiger charge is 2.20. The molecule has 0 radical (unpaired) electrons. The lowest BCUT2D eigenvalue weighted by atomic mass is 9.99. The van der Waals surface area contributed by atoms with E-state index in [-0.39, 0.29) is 68.1 Å². The van der Waals surface area contributed by atoms with Crippen molar-refractivity contribution in [2.45, 2.75) is 0 Å². The van der Waals surface area contributed by atoms with Crippen molar-refractivity contribution >= 4 is 53.3 Å². The van der Waals surface area contributed by atoms with Gasteiger partial charge in [0.15, 0.2) is 17.5 Å². The van der Waals surface area contributed by atoms with Gasteiger partial charge in [-0.1, -0.05) is 151 Å². The molecule has 0 aliphatic carbocycles. The van der Waals surface area contributed by atoms with Crippen LogP contribution in [0.3, 0.4) is 0 Å². The number of para-hydroxylation sites is 1. The Hall–Kier alpha value is -7.21. The highest BCUT2D eigenvalue weighted by Crippen LogP contribution is 2.41. The number of aromatic nitrogens is 4. The van der Waals surface area contributed by atoms with Crippen molar-refractivity contribution in [3.63, 3.8) is 0 Å². The molecular weight excluding hydrogens is 701 g/mol. The number of nitrogens with zero attached hydrogens (tertiary/aromatic N) is 4. The normalized spacial score (nSPS) is 14.6. The van der Waals surface area contributed by atoms with Gasteiger partial charge in [0.2, 0.25) is 0 Å². The maximum Gasteiger partial charge on any atom is 0.165 e. The third-order valence-electron chi connectivity index (χ3n) is 9.80. The van der Waals surface area contributed by atoms with Crippen molar-refractivity contribution in [2.24, 2.45) is 0 Å². The van der Waals surface area contributed by atoms with Gasteiger partial charge >= 0.3 is 0 Å². The summed E-state index contributed by atoms with van der Waals surface area (Å²) in [5, 5.41) is 1.92. The third kappa shape index (κ3) is 5.40. The summed E-state index contributed by atoms with van der Waals surface area (Å²) in [6.07, 6.45) is 0. The molecule has 3 heterocycles. The molecule has 11 aromatic rings. The highest BCUT2D eigenvalue weighted by molar-refractivity contribution is 7.26. The van der Waals surface area contributed by atoms with E-state index >= 15 is 0 Å². The molecule has 0 N–H and O–H groups in total. The molecule has 4 nitrogen and oxygen atoms in total. The fourth-order valence-electron chi connectivity index (χ4n) is 7.22. The van der Waals surface area contributed by atoms with Crippen LogP contribution in [0.25, 0.3) is 104 Å². The van der Waals surface area contributed by atoms with Gasteiger partial charge in [0.1, 0.15) is 0 Å². The Balaban J connectivity index is 1.27. The molecule has 0 fully saturated rings. The number of hydrogen-bond acceptors (Lipinski definition) is 4. The molecule has 262 valence electrons.